The largest absolute Gasteiger partial charge is 0.352 e. The summed E-state index contributed by atoms with van der Waals surface area (Å²) in [6, 6.07) is 0.343. The summed E-state index contributed by atoms with van der Waals surface area (Å²) in [4.78, 5) is 25.6. The van der Waals surface area contributed by atoms with Crippen LogP contribution < -0.4 is 11.1 Å². The van der Waals surface area contributed by atoms with Gasteiger partial charge in [0.1, 0.15) is 0 Å². The van der Waals surface area contributed by atoms with Gasteiger partial charge in [-0.1, -0.05) is 12.8 Å². The van der Waals surface area contributed by atoms with Crippen LogP contribution in [0.4, 0.5) is 0 Å². The van der Waals surface area contributed by atoms with E-state index in [0.29, 0.717) is 12.6 Å². The molecule has 0 aromatic heterocycles. The van der Waals surface area contributed by atoms with Crippen LogP contribution in [0.15, 0.2) is 0 Å². The number of likely N-dealkylation sites (N-methyl/N-ethyl adjacent to an activating group) is 1. The van der Waals surface area contributed by atoms with E-state index in [1.807, 2.05) is 0 Å². The number of amides is 2. The molecule has 0 aromatic rings. The Morgan fingerprint density at radius 1 is 1.32 bits per heavy atom. The van der Waals surface area contributed by atoms with E-state index in [4.69, 9.17) is 5.73 Å². The summed E-state index contributed by atoms with van der Waals surface area (Å²) in [5.74, 6) is -0.0213. The molecule has 0 spiro atoms. The quantitative estimate of drug-likeness (QED) is 0.781. The number of nitrogens with zero attached hydrogens (tertiary/aromatic N) is 1. The fourth-order valence-corrected chi connectivity index (χ4v) is 2.75. The lowest BCUT2D eigenvalue weighted by atomic mass is 9.85. The minimum Gasteiger partial charge on any atom is -0.352 e. The lowest BCUT2D eigenvalue weighted by Crippen LogP contribution is -2.48. The molecule has 0 unspecified atom stereocenters. The SMILES string of the molecule is CN(CC(=O)NC1CC1)C(=O)C1(CN)CCCC1.Cl. The van der Waals surface area contributed by atoms with E-state index in [9.17, 15) is 9.59 Å². The average molecular weight is 290 g/mol. The van der Waals surface area contributed by atoms with Crippen LogP contribution in [0.3, 0.4) is 0 Å². The highest BCUT2D eigenvalue weighted by atomic mass is 35.5. The molecule has 2 aliphatic carbocycles. The van der Waals surface area contributed by atoms with Gasteiger partial charge in [0, 0.05) is 19.6 Å². The second-order valence-electron chi connectivity index (χ2n) is 5.69. The summed E-state index contributed by atoms with van der Waals surface area (Å²) in [5.41, 5.74) is 5.37. The Hall–Kier alpha value is -0.810. The number of rotatable bonds is 5. The molecule has 19 heavy (non-hydrogen) atoms. The van der Waals surface area contributed by atoms with Crippen molar-refractivity contribution in [1.82, 2.24) is 10.2 Å². The Balaban J connectivity index is 0.00000180. The van der Waals surface area contributed by atoms with Crippen molar-refractivity contribution in [3.63, 3.8) is 0 Å². The monoisotopic (exact) mass is 289 g/mol. The predicted octanol–water partition coefficient (Wildman–Crippen LogP) is 0.664. The van der Waals surface area contributed by atoms with E-state index in [1.54, 1.807) is 7.05 Å². The summed E-state index contributed by atoms with van der Waals surface area (Å²) in [5, 5.41) is 2.90. The van der Waals surface area contributed by atoms with Crippen LogP contribution in [0.2, 0.25) is 0 Å². The Morgan fingerprint density at radius 3 is 2.37 bits per heavy atom. The first kappa shape index (κ1) is 16.2. The van der Waals surface area contributed by atoms with Crippen molar-refractivity contribution in [1.29, 1.82) is 0 Å². The topological polar surface area (TPSA) is 75.4 Å². The summed E-state index contributed by atoms with van der Waals surface area (Å²) in [6.07, 6.45) is 5.97. The van der Waals surface area contributed by atoms with Gasteiger partial charge in [0.15, 0.2) is 0 Å². The molecule has 0 aromatic carbocycles. The molecule has 3 N–H and O–H groups in total. The maximum atomic E-state index is 12.4. The third-order valence-electron chi connectivity index (χ3n) is 4.08. The predicted molar refractivity (Wildman–Crippen MR) is 76.0 cm³/mol. The highest BCUT2D eigenvalue weighted by molar-refractivity contribution is 5.88. The lowest BCUT2D eigenvalue weighted by Gasteiger charge is -2.30. The number of hydrogen-bond acceptors (Lipinski definition) is 3. The minimum atomic E-state index is -0.408. The number of nitrogens with one attached hydrogen (secondary N) is 1. The molecule has 2 amide bonds. The lowest BCUT2D eigenvalue weighted by molar-refractivity contribution is -0.143. The molecule has 0 atom stereocenters. The number of carbonyl (C=O) groups excluding carboxylic acids is 2. The van der Waals surface area contributed by atoms with Gasteiger partial charge < -0.3 is 16.0 Å². The first-order valence-electron chi connectivity index (χ1n) is 6.82. The van der Waals surface area contributed by atoms with Crippen molar-refractivity contribution in [3.8, 4) is 0 Å². The Labute approximate surface area is 120 Å². The van der Waals surface area contributed by atoms with Gasteiger partial charge in [-0.2, -0.15) is 0 Å². The molecule has 6 heteroatoms. The van der Waals surface area contributed by atoms with Gasteiger partial charge in [-0.25, -0.2) is 0 Å². The van der Waals surface area contributed by atoms with Gasteiger partial charge in [-0.15, -0.1) is 12.4 Å². The first-order chi connectivity index (χ1) is 8.57. The van der Waals surface area contributed by atoms with Gasteiger partial charge in [0.25, 0.3) is 0 Å². The maximum Gasteiger partial charge on any atom is 0.239 e. The van der Waals surface area contributed by atoms with Crippen molar-refractivity contribution in [2.75, 3.05) is 20.1 Å². The van der Waals surface area contributed by atoms with Gasteiger partial charge >= 0.3 is 0 Å². The van der Waals surface area contributed by atoms with Gasteiger partial charge in [-0.3, -0.25) is 9.59 Å². The molecule has 110 valence electrons. The summed E-state index contributed by atoms with van der Waals surface area (Å²) in [6.45, 7) is 0.539. The van der Waals surface area contributed by atoms with Crippen LogP contribution in [0, 0.1) is 5.41 Å². The van der Waals surface area contributed by atoms with E-state index in [-0.39, 0.29) is 30.8 Å². The first-order valence-corrected chi connectivity index (χ1v) is 6.82. The summed E-state index contributed by atoms with van der Waals surface area (Å²) < 4.78 is 0. The summed E-state index contributed by atoms with van der Waals surface area (Å²) >= 11 is 0. The van der Waals surface area contributed by atoms with Crippen LogP contribution in [0.5, 0.6) is 0 Å². The molecule has 0 bridgehead atoms. The molecule has 2 saturated carbocycles. The third kappa shape index (κ3) is 3.83. The second-order valence-corrected chi connectivity index (χ2v) is 5.69. The van der Waals surface area contributed by atoms with Crippen molar-refractivity contribution in [2.24, 2.45) is 11.1 Å². The Kier molecular flexibility index (Phi) is 5.62. The highest BCUT2D eigenvalue weighted by Crippen LogP contribution is 2.38. The number of halogens is 1. The number of nitrogens with two attached hydrogens (primary N) is 1. The maximum absolute atomic E-state index is 12.4. The zero-order valence-corrected chi connectivity index (χ0v) is 12.3. The third-order valence-corrected chi connectivity index (χ3v) is 4.08. The van der Waals surface area contributed by atoms with E-state index in [2.05, 4.69) is 5.32 Å². The molecule has 0 saturated heterocycles. The van der Waals surface area contributed by atoms with Crippen LogP contribution >= 0.6 is 12.4 Å². The number of hydrogen-bond donors (Lipinski definition) is 2. The van der Waals surface area contributed by atoms with Gasteiger partial charge in [0.2, 0.25) is 11.8 Å². The standard InChI is InChI=1S/C13H23N3O2.ClH/c1-16(8-11(17)15-10-4-5-10)12(18)13(9-14)6-2-3-7-13;/h10H,2-9,14H2,1H3,(H,15,17);1H. The van der Waals surface area contributed by atoms with E-state index in [0.717, 1.165) is 38.5 Å². The van der Waals surface area contributed by atoms with Crippen LogP contribution in [-0.2, 0) is 9.59 Å². The molecule has 2 fully saturated rings. The zero-order chi connectivity index (χ0) is 13.2. The zero-order valence-electron chi connectivity index (χ0n) is 11.5. The van der Waals surface area contributed by atoms with Crippen molar-refractivity contribution >= 4 is 24.2 Å². The molecule has 5 nitrogen and oxygen atoms in total. The normalized spacial score (nSPS) is 20.5. The van der Waals surface area contributed by atoms with Crippen LogP contribution in [0.25, 0.3) is 0 Å². The second kappa shape index (κ2) is 6.57. The fraction of sp³-hybridized carbons (Fsp3) is 0.846. The fourth-order valence-electron chi connectivity index (χ4n) is 2.75. The van der Waals surface area contributed by atoms with Gasteiger partial charge in [-0.05, 0) is 25.7 Å². The van der Waals surface area contributed by atoms with E-state index >= 15 is 0 Å². The molecule has 0 aliphatic heterocycles. The Bertz CT molecular complexity index is 339. The van der Waals surface area contributed by atoms with Crippen molar-refractivity contribution in [2.45, 2.75) is 44.6 Å². The van der Waals surface area contributed by atoms with Crippen molar-refractivity contribution < 1.29 is 9.59 Å². The van der Waals surface area contributed by atoms with Gasteiger partial charge in [0.05, 0.1) is 12.0 Å². The molecular weight excluding hydrogens is 266 g/mol. The highest BCUT2D eigenvalue weighted by Gasteiger charge is 2.41. The molecule has 0 heterocycles. The van der Waals surface area contributed by atoms with E-state index in [1.165, 1.54) is 4.90 Å². The minimum absolute atomic E-state index is 0. The summed E-state index contributed by atoms with van der Waals surface area (Å²) in [7, 11) is 1.70. The average Bonchev–Trinajstić information content (AvgIpc) is 3.02. The van der Waals surface area contributed by atoms with Crippen LogP contribution in [0.1, 0.15) is 38.5 Å². The van der Waals surface area contributed by atoms with Crippen LogP contribution in [-0.4, -0.2) is 42.9 Å². The molecule has 2 aliphatic rings. The molecule has 0 radical (unpaired) electrons. The smallest absolute Gasteiger partial charge is 0.239 e. The molecule has 2 rings (SSSR count). The number of carbonyl (C=O) groups is 2. The van der Waals surface area contributed by atoms with E-state index < -0.39 is 5.41 Å². The molecular formula is C13H24ClN3O2. The van der Waals surface area contributed by atoms with Crippen molar-refractivity contribution in [3.05, 3.63) is 0 Å². The Morgan fingerprint density at radius 2 is 1.89 bits per heavy atom.